The number of hydrogen-bond donors (Lipinski definition) is 2. The first-order valence-electron chi connectivity index (χ1n) is 8.86. The second kappa shape index (κ2) is 10.3. The maximum Gasteiger partial charge on any atom is 0.191 e. The average molecular weight is 470 g/mol. The van der Waals surface area contributed by atoms with Gasteiger partial charge in [-0.2, -0.15) is 0 Å². The number of nitrogens with zero attached hydrogens (tertiary/aromatic N) is 4. The Hall–Kier alpha value is -1.84. The van der Waals surface area contributed by atoms with Crippen molar-refractivity contribution in [2.24, 2.45) is 4.99 Å². The van der Waals surface area contributed by atoms with Crippen LogP contribution in [0.5, 0.6) is 5.75 Å². The van der Waals surface area contributed by atoms with Gasteiger partial charge < -0.3 is 19.9 Å². The van der Waals surface area contributed by atoms with E-state index in [4.69, 9.17) is 4.74 Å². The molecule has 0 bridgehead atoms. The molecule has 0 aliphatic carbocycles. The van der Waals surface area contributed by atoms with E-state index in [1.807, 2.05) is 24.3 Å². The van der Waals surface area contributed by atoms with Crippen molar-refractivity contribution < 1.29 is 4.74 Å². The first-order valence-corrected chi connectivity index (χ1v) is 8.86. The molecule has 142 valence electrons. The van der Waals surface area contributed by atoms with Gasteiger partial charge in [-0.3, -0.25) is 0 Å². The van der Waals surface area contributed by atoms with Gasteiger partial charge in [0, 0.05) is 19.5 Å². The SMILES string of the molecule is CCNC(=NCc1ccc(OC)cc1)NCc1nnc2n1CCCC2.I. The van der Waals surface area contributed by atoms with Crippen LogP contribution in [0.15, 0.2) is 29.3 Å². The van der Waals surface area contributed by atoms with Crippen molar-refractivity contribution in [1.29, 1.82) is 0 Å². The van der Waals surface area contributed by atoms with Gasteiger partial charge in [0.2, 0.25) is 0 Å². The molecular weight excluding hydrogens is 443 g/mol. The molecule has 2 heterocycles. The number of guanidine groups is 1. The largest absolute Gasteiger partial charge is 0.497 e. The van der Waals surface area contributed by atoms with Crippen molar-refractivity contribution >= 4 is 29.9 Å². The van der Waals surface area contributed by atoms with Crippen LogP contribution in [0.3, 0.4) is 0 Å². The molecule has 0 saturated heterocycles. The molecule has 0 unspecified atom stereocenters. The minimum atomic E-state index is 0. The van der Waals surface area contributed by atoms with Gasteiger partial charge in [-0.05, 0) is 37.5 Å². The summed E-state index contributed by atoms with van der Waals surface area (Å²) in [4.78, 5) is 4.65. The van der Waals surface area contributed by atoms with Gasteiger partial charge >= 0.3 is 0 Å². The number of fused-ring (bicyclic) bond motifs is 1. The third-order valence-electron chi connectivity index (χ3n) is 4.27. The Morgan fingerprint density at radius 2 is 2.00 bits per heavy atom. The highest BCUT2D eigenvalue weighted by Crippen LogP contribution is 2.14. The molecule has 2 aromatic rings. The highest BCUT2D eigenvalue weighted by molar-refractivity contribution is 14.0. The van der Waals surface area contributed by atoms with Crippen molar-refractivity contribution in [2.75, 3.05) is 13.7 Å². The maximum atomic E-state index is 5.18. The summed E-state index contributed by atoms with van der Waals surface area (Å²) in [5, 5.41) is 15.2. The van der Waals surface area contributed by atoms with E-state index in [1.165, 1.54) is 12.8 Å². The van der Waals surface area contributed by atoms with Crippen LogP contribution >= 0.6 is 24.0 Å². The molecule has 0 amide bonds. The Balaban J connectivity index is 0.00000243. The number of nitrogens with one attached hydrogen (secondary N) is 2. The van der Waals surface area contributed by atoms with E-state index in [-0.39, 0.29) is 24.0 Å². The molecule has 0 fully saturated rings. The lowest BCUT2D eigenvalue weighted by Crippen LogP contribution is -2.37. The number of halogens is 1. The Morgan fingerprint density at radius 1 is 1.19 bits per heavy atom. The van der Waals surface area contributed by atoms with Crippen molar-refractivity contribution in [2.45, 2.75) is 45.8 Å². The first kappa shape index (κ1) is 20.5. The Kier molecular flexibility index (Phi) is 8.14. The van der Waals surface area contributed by atoms with Crippen LogP contribution in [0.4, 0.5) is 0 Å². The van der Waals surface area contributed by atoms with E-state index in [0.29, 0.717) is 13.1 Å². The van der Waals surface area contributed by atoms with E-state index in [2.05, 4.69) is 37.3 Å². The van der Waals surface area contributed by atoms with Gasteiger partial charge in [0.15, 0.2) is 11.8 Å². The number of ether oxygens (including phenoxy) is 1. The second-order valence-electron chi connectivity index (χ2n) is 6.04. The molecule has 3 rings (SSSR count). The summed E-state index contributed by atoms with van der Waals surface area (Å²) < 4.78 is 7.41. The number of methoxy groups -OCH3 is 1. The van der Waals surface area contributed by atoms with Crippen LogP contribution in [0.2, 0.25) is 0 Å². The summed E-state index contributed by atoms with van der Waals surface area (Å²) in [5.74, 6) is 3.72. The zero-order valence-electron chi connectivity index (χ0n) is 15.4. The Morgan fingerprint density at radius 3 is 2.73 bits per heavy atom. The minimum absolute atomic E-state index is 0. The monoisotopic (exact) mass is 470 g/mol. The summed E-state index contributed by atoms with van der Waals surface area (Å²) >= 11 is 0. The van der Waals surface area contributed by atoms with E-state index in [1.54, 1.807) is 7.11 Å². The van der Waals surface area contributed by atoms with Crippen LogP contribution in [-0.4, -0.2) is 34.4 Å². The van der Waals surface area contributed by atoms with Gasteiger partial charge in [-0.15, -0.1) is 34.2 Å². The second-order valence-corrected chi connectivity index (χ2v) is 6.04. The summed E-state index contributed by atoms with van der Waals surface area (Å²) in [6.45, 7) is 5.12. The Bertz CT molecular complexity index is 713. The van der Waals surface area contributed by atoms with Crippen LogP contribution in [0.1, 0.15) is 37.0 Å². The molecule has 1 aliphatic rings. The zero-order chi connectivity index (χ0) is 17.5. The number of hydrogen-bond acceptors (Lipinski definition) is 4. The van der Waals surface area contributed by atoms with E-state index >= 15 is 0 Å². The minimum Gasteiger partial charge on any atom is -0.497 e. The molecule has 0 spiro atoms. The van der Waals surface area contributed by atoms with Crippen molar-refractivity contribution in [3.63, 3.8) is 0 Å². The summed E-state index contributed by atoms with van der Waals surface area (Å²) in [6, 6.07) is 7.96. The number of benzene rings is 1. The lowest BCUT2D eigenvalue weighted by atomic mass is 10.2. The average Bonchev–Trinajstić information content (AvgIpc) is 3.07. The van der Waals surface area contributed by atoms with Crippen molar-refractivity contribution in [3.05, 3.63) is 41.5 Å². The fourth-order valence-corrected chi connectivity index (χ4v) is 2.91. The predicted octanol–water partition coefficient (Wildman–Crippen LogP) is 2.50. The molecule has 7 nitrogen and oxygen atoms in total. The number of aliphatic imine (C=N–C) groups is 1. The summed E-state index contributed by atoms with van der Waals surface area (Å²) in [7, 11) is 1.67. The van der Waals surface area contributed by atoms with E-state index in [9.17, 15) is 0 Å². The molecule has 2 N–H and O–H groups in total. The highest BCUT2D eigenvalue weighted by Gasteiger charge is 2.15. The lowest BCUT2D eigenvalue weighted by molar-refractivity contribution is 0.414. The quantitative estimate of drug-likeness (QED) is 0.386. The molecule has 0 radical (unpaired) electrons. The predicted molar refractivity (Wildman–Crippen MR) is 113 cm³/mol. The third kappa shape index (κ3) is 5.33. The van der Waals surface area contributed by atoms with Gasteiger partial charge in [0.05, 0.1) is 20.2 Å². The zero-order valence-corrected chi connectivity index (χ0v) is 17.7. The standard InChI is InChI=1S/C18H26N6O.HI/c1-3-19-18(20-12-14-7-9-15(25-2)10-8-14)21-13-17-23-22-16-6-4-5-11-24(16)17;/h7-10H,3-6,11-13H2,1-2H3,(H2,19,20,21);1H. The molecular formula is C18H27IN6O. The number of aromatic nitrogens is 3. The molecule has 26 heavy (non-hydrogen) atoms. The van der Waals surface area contributed by atoms with Gasteiger partial charge in [-0.1, -0.05) is 12.1 Å². The molecule has 8 heteroatoms. The highest BCUT2D eigenvalue weighted by atomic mass is 127. The van der Waals surface area contributed by atoms with E-state index in [0.717, 1.165) is 48.4 Å². The van der Waals surface area contributed by atoms with Gasteiger partial charge in [0.1, 0.15) is 11.6 Å². The molecule has 1 aliphatic heterocycles. The Labute approximate surface area is 171 Å². The van der Waals surface area contributed by atoms with Crippen LogP contribution in [-0.2, 0) is 26.1 Å². The van der Waals surface area contributed by atoms with Crippen molar-refractivity contribution in [3.8, 4) is 5.75 Å². The summed E-state index contributed by atoms with van der Waals surface area (Å²) in [6.07, 6.45) is 3.43. The van der Waals surface area contributed by atoms with Crippen LogP contribution in [0.25, 0.3) is 0 Å². The van der Waals surface area contributed by atoms with E-state index < -0.39 is 0 Å². The maximum absolute atomic E-state index is 5.18. The molecule has 1 aromatic carbocycles. The third-order valence-corrected chi connectivity index (χ3v) is 4.27. The fourth-order valence-electron chi connectivity index (χ4n) is 2.91. The van der Waals surface area contributed by atoms with Gasteiger partial charge in [0.25, 0.3) is 0 Å². The van der Waals surface area contributed by atoms with Gasteiger partial charge in [-0.25, -0.2) is 4.99 Å². The fraction of sp³-hybridized carbons (Fsp3) is 0.500. The van der Waals surface area contributed by atoms with Crippen molar-refractivity contribution in [1.82, 2.24) is 25.4 Å². The molecule has 0 atom stereocenters. The number of rotatable bonds is 6. The topological polar surface area (TPSA) is 76.4 Å². The summed E-state index contributed by atoms with van der Waals surface area (Å²) in [5.41, 5.74) is 1.14. The molecule has 0 saturated carbocycles. The smallest absolute Gasteiger partial charge is 0.191 e. The normalized spacial score (nSPS) is 13.5. The van der Waals surface area contributed by atoms with Crippen LogP contribution < -0.4 is 15.4 Å². The number of aryl methyl sites for hydroxylation is 1. The molecule has 1 aromatic heterocycles. The first-order chi connectivity index (χ1) is 12.3. The lowest BCUT2D eigenvalue weighted by Gasteiger charge is -2.16. The van der Waals surface area contributed by atoms with Crippen LogP contribution in [0, 0.1) is 0 Å².